The lowest BCUT2D eigenvalue weighted by molar-refractivity contribution is -0.136. The first-order valence-corrected chi connectivity index (χ1v) is 8.07. The van der Waals surface area contributed by atoms with Gasteiger partial charge in [-0.25, -0.2) is 9.97 Å². The van der Waals surface area contributed by atoms with Crippen LogP contribution in [0.4, 0.5) is 0 Å². The van der Waals surface area contributed by atoms with Crippen LogP contribution in [0.15, 0.2) is 27.7 Å². The van der Waals surface area contributed by atoms with Gasteiger partial charge in [-0.2, -0.15) is 0 Å². The van der Waals surface area contributed by atoms with Crippen LogP contribution >= 0.6 is 27.7 Å². The van der Waals surface area contributed by atoms with Crippen molar-refractivity contribution in [3.8, 4) is 0 Å². The molecule has 1 heterocycles. The van der Waals surface area contributed by atoms with Gasteiger partial charge in [-0.05, 0) is 18.2 Å². The average Bonchev–Trinajstić information content (AvgIpc) is 2.37. The molecule has 0 unspecified atom stereocenters. The number of aliphatic carboxylic acids is 1. The van der Waals surface area contributed by atoms with Gasteiger partial charge in [-0.3, -0.25) is 4.79 Å². The largest absolute Gasteiger partial charge is 0.481 e. The SMILES string of the molecule is CC(C)c1nc(SCCC(=O)O)c2ccc(Br)cc2n1. The van der Waals surface area contributed by atoms with E-state index in [1.807, 2.05) is 32.0 Å². The molecule has 0 radical (unpaired) electrons. The number of benzene rings is 1. The highest BCUT2D eigenvalue weighted by molar-refractivity contribution is 9.10. The van der Waals surface area contributed by atoms with Crippen molar-refractivity contribution in [3.05, 3.63) is 28.5 Å². The fourth-order valence-electron chi connectivity index (χ4n) is 1.69. The first kappa shape index (κ1) is 15.3. The Morgan fingerprint density at radius 1 is 1.40 bits per heavy atom. The van der Waals surface area contributed by atoms with Crippen LogP contribution in [-0.4, -0.2) is 26.8 Å². The number of carboxylic acid groups (broad SMARTS) is 1. The van der Waals surface area contributed by atoms with Gasteiger partial charge in [0.2, 0.25) is 0 Å². The molecule has 2 aromatic rings. The predicted octanol–water partition coefficient (Wildman–Crippen LogP) is 4.08. The standard InChI is InChI=1S/C14H15BrN2O2S/c1-8(2)13-16-11-7-9(15)3-4-10(11)14(17-13)20-6-5-12(18)19/h3-4,7-8H,5-6H2,1-2H3,(H,18,19). The second-order valence-electron chi connectivity index (χ2n) is 4.70. The topological polar surface area (TPSA) is 63.1 Å². The zero-order valence-electron chi connectivity index (χ0n) is 11.3. The highest BCUT2D eigenvalue weighted by Crippen LogP contribution is 2.29. The van der Waals surface area contributed by atoms with Crippen LogP contribution in [0.1, 0.15) is 32.0 Å². The molecule has 0 aliphatic heterocycles. The molecule has 6 heteroatoms. The van der Waals surface area contributed by atoms with E-state index in [0.29, 0.717) is 5.75 Å². The van der Waals surface area contributed by atoms with E-state index in [9.17, 15) is 4.79 Å². The van der Waals surface area contributed by atoms with E-state index >= 15 is 0 Å². The van der Waals surface area contributed by atoms with Crippen molar-refractivity contribution in [2.75, 3.05) is 5.75 Å². The summed E-state index contributed by atoms with van der Waals surface area (Å²) in [5, 5.41) is 10.6. The normalized spacial score (nSPS) is 11.2. The molecule has 1 aromatic heterocycles. The highest BCUT2D eigenvalue weighted by Gasteiger charge is 2.11. The number of halogens is 1. The van der Waals surface area contributed by atoms with Crippen LogP contribution in [-0.2, 0) is 4.79 Å². The van der Waals surface area contributed by atoms with Crippen molar-refractivity contribution >= 4 is 44.6 Å². The number of thioether (sulfide) groups is 1. The van der Waals surface area contributed by atoms with Gasteiger partial charge in [0.05, 0.1) is 11.9 Å². The van der Waals surface area contributed by atoms with E-state index in [1.54, 1.807) is 0 Å². The lowest BCUT2D eigenvalue weighted by atomic mass is 10.2. The van der Waals surface area contributed by atoms with E-state index < -0.39 is 5.97 Å². The number of rotatable bonds is 5. The van der Waals surface area contributed by atoms with E-state index in [0.717, 1.165) is 26.2 Å². The third-order valence-corrected chi connectivity index (χ3v) is 4.20. The van der Waals surface area contributed by atoms with E-state index in [-0.39, 0.29) is 12.3 Å². The number of hydrogen-bond donors (Lipinski definition) is 1. The summed E-state index contributed by atoms with van der Waals surface area (Å²) in [4.78, 5) is 19.8. The summed E-state index contributed by atoms with van der Waals surface area (Å²) in [7, 11) is 0. The monoisotopic (exact) mass is 354 g/mol. The summed E-state index contributed by atoms with van der Waals surface area (Å²) < 4.78 is 0.972. The highest BCUT2D eigenvalue weighted by atomic mass is 79.9. The van der Waals surface area contributed by atoms with Gasteiger partial charge in [0, 0.05) is 21.5 Å². The molecule has 2 rings (SSSR count). The predicted molar refractivity (Wildman–Crippen MR) is 84.3 cm³/mol. The van der Waals surface area contributed by atoms with Crippen LogP contribution in [0.5, 0.6) is 0 Å². The van der Waals surface area contributed by atoms with Crippen molar-refractivity contribution in [1.82, 2.24) is 9.97 Å². The fraction of sp³-hybridized carbons (Fsp3) is 0.357. The Hall–Kier alpha value is -1.14. The minimum Gasteiger partial charge on any atom is -0.481 e. The molecule has 20 heavy (non-hydrogen) atoms. The minimum absolute atomic E-state index is 0.129. The Kier molecular flexibility index (Phi) is 4.99. The first-order chi connectivity index (χ1) is 9.47. The smallest absolute Gasteiger partial charge is 0.304 e. The fourth-order valence-corrected chi connectivity index (χ4v) is 3.00. The van der Waals surface area contributed by atoms with Crippen LogP contribution in [0.3, 0.4) is 0 Å². The summed E-state index contributed by atoms with van der Waals surface area (Å²) in [6.07, 6.45) is 0.129. The molecule has 0 aliphatic carbocycles. The van der Waals surface area contributed by atoms with E-state index in [1.165, 1.54) is 11.8 Å². The van der Waals surface area contributed by atoms with Crippen LogP contribution in [0, 0.1) is 0 Å². The molecule has 0 atom stereocenters. The molecule has 0 saturated heterocycles. The molecule has 0 amide bonds. The molecule has 1 aromatic carbocycles. The van der Waals surface area contributed by atoms with Crippen LogP contribution in [0.25, 0.3) is 10.9 Å². The summed E-state index contributed by atoms with van der Waals surface area (Å²) >= 11 is 4.91. The maximum absolute atomic E-state index is 10.6. The number of carboxylic acids is 1. The van der Waals surface area contributed by atoms with Crippen LogP contribution in [0.2, 0.25) is 0 Å². The zero-order valence-corrected chi connectivity index (χ0v) is 13.7. The van der Waals surface area contributed by atoms with Crippen LogP contribution < -0.4 is 0 Å². The number of aromatic nitrogens is 2. The van der Waals surface area contributed by atoms with Crippen molar-refractivity contribution < 1.29 is 9.90 Å². The summed E-state index contributed by atoms with van der Waals surface area (Å²) in [6.45, 7) is 4.09. The Balaban J connectivity index is 2.41. The molecule has 0 aliphatic rings. The van der Waals surface area contributed by atoms with Crippen molar-refractivity contribution in [1.29, 1.82) is 0 Å². The lowest BCUT2D eigenvalue weighted by Gasteiger charge is -2.10. The molecule has 1 N–H and O–H groups in total. The Labute approximate surface area is 130 Å². The van der Waals surface area contributed by atoms with Gasteiger partial charge < -0.3 is 5.11 Å². The quantitative estimate of drug-likeness (QED) is 0.647. The Bertz CT molecular complexity index is 646. The molecule has 0 spiro atoms. The lowest BCUT2D eigenvalue weighted by Crippen LogP contribution is -2.01. The zero-order chi connectivity index (χ0) is 14.7. The van der Waals surface area contributed by atoms with E-state index in [2.05, 4.69) is 25.9 Å². The molecular weight excluding hydrogens is 340 g/mol. The molecular formula is C14H15BrN2O2S. The maximum atomic E-state index is 10.6. The number of nitrogens with zero attached hydrogens (tertiary/aromatic N) is 2. The number of carbonyl (C=O) groups is 1. The van der Waals surface area contributed by atoms with Gasteiger partial charge in [0.1, 0.15) is 10.9 Å². The maximum Gasteiger partial charge on any atom is 0.304 e. The second-order valence-corrected chi connectivity index (χ2v) is 6.69. The van der Waals surface area contributed by atoms with Crippen molar-refractivity contribution in [2.45, 2.75) is 31.2 Å². The third-order valence-electron chi connectivity index (χ3n) is 2.71. The van der Waals surface area contributed by atoms with Gasteiger partial charge in [0.15, 0.2) is 0 Å². The summed E-state index contributed by atoms with van der Waals surface area (Å²) in [5.41, 5.74) is 0.885. The Morgan fingerprint density at radius 3 is 2.80 bits per heavy atom. The van der Waals surface area contributed by atoms with Crippen molar-refractivity contribution in [3.63, 3.8) is 0 Å². The van der Waals surface area contributed by atoms with Gasteiger partial charge in [-0.1, -0.05) is 29.8 Å². The second kappa shape index (κ2) is 6.54. The number of fused-ring (bicyclic) bond motifs is 1. The summed E-state index contributed by atoms with van der Waals surface area (Å²) in [5.74, 6) is 0.739. The molecule has 0 fully saturated rings. The van der Waals surface area contributed by atoms with Crippen molar-refractivity contribution in [2.24, 2.45) is 0 Å². The summed E-state index contributed by atoms with van der Waals surface area (Å²) in [6, 6.07) is 5.87. The van der Waals surface area contributed by atoms with E-state index in [4.69, 9.17) is 5.11 Å². The average molecular weight is 355 g/mol. The molecule has 0 saturated carbocycles. The first-order valence-electron chi connectivity index (χ1n) is 6.29. The Morgan fingerprint density at radius 2 is 2.15 bits per heavy atom. The minimum atomic E-state index is -0.789. The third kappa shape index (κ3) is 3.70. The molecule has 0 bridgehead atoms. The van der Waals surface area contributed by atoms with Gasteiger partial charge in [-0.15, -0.1) is 11.8 Å². The number of hydrogen-bond acceptors (Lipinski definition) is 4. The van der Waals surface area contributed by atoms with Gasteiger partial charge in [0.25, 0.3) is 0 Å². The molecule has 4 nitrogen and oxygen atoms in total. The van der Waals surface area contributed by atoms with Gasteiger partial charge >= 0.3 is 5.97 Å². The molecule has 106 valence electrons.